The zero-order chi connectivity index (χ0) is 45.3. The number of carbonyl (C=O) groups excluding carboxylic acids is 11. The lowest BCUT2D eigenvalue weighted by molar-refractivity contribution is -0.140. The third kappa shape index (κ3) is 26.4. The first-order valence-electron chi connectivity index (χ1n) is 19.4. The Morgan fingerprint density at radius 3 is 1.27 bits per heavy atom. The number of rotatable bonds is 22. The Kier molecular flexibility index (Phi) is 34.5. The van der Waals surface area contributed by atoms with Gasteiger partial charge in [-0.15, -0.1) is 0 Å². The average Bonchev–Trinajstić information content (AvgIpc) is 3.59. The highest BCUT2D eigenvalue weighted by molar-refractivity contribution is 6.03. The zero-order valence-corrected chi connectivity index (χ0v) is 35.5. The molecule has 2 fully saturated rings. The van der Waals surface area contributed by atoms with Crippen molar-refractivity contribution in [2.24, 2.45) is 17.8 Å². The second-order valence-electron chi connectivity index (χ2n) is 12.8. The van der Waals surface area contributed by atoms with E-state index in [0.717, 1.165) is 0 Å². The summed E-state index contributed by atoms with van der Waals surface area (Å²) in [6, 6.07) is 0. The van der Waals surface area contributed by atoms with Crippen LogP contribution in [0.3, 0.4) is 0 Å². The third-order valence-electron chi connectivity index (χ3n) is 8.14. The van der Waals surface area contributed by atoms with Gasteiger partial charge in [-0.1, -0.05) is 21.3 Å². The van der Waals surface area contributed by atoms with Gasteiger partial charge in [0, 0.05) is 103 Å². The fourth-order valence-electron chi connectivity index (χ4n) is 4.89. The summed E-state index contributed by atoms with van der Waals surface area (Å²) in [7, 11) is 1.45. The van der Waals surface area contributed by atoms with Gasteiger partial charge < -0.3 is 46.1 Å². The van der Waals surface area contributed by atoms with Crippen LogP contribution in [0.4, 0.5) is 9.59 Å². The SMILES string of the molecule is C.CC(=O)C(CC(=O)NCCNC=O)CC(=O)NCCNC=O.CCN1C(=O)CC(C)C1=O.CCN1C(=O)CC(C)C1=O.CCNC(=O)OCC(COC(=O)NCC)OC. The van der Waals surface area contributed by atoms with Crippen LogP contribution in [0.15, 0.2) is 0 Å². The number of carbonyl (C=O) groups is 11. The van der Waals surface area contributed by atoms with E-state index in [1.165, 1.54) is 23.8 Å². The van der Waals surface area contributed by atoms with Gasteiger partial charge in [0.05, 0.1) is 0 Å². The molecular formula is C38H68N8O14. The van der Waals surface area contributed by atoms with E-state index < -0.39 is 24.2 Å². The van der Waals surface area contributed by atoms with Gasteiger partial charge in [-0.3, -0.25) is 53.0 Å². The molecule has 2 unspecified atom stereocenters. The maximum absolute atomic E-state index is 11.6. The number of nitrogens with one attached hydrogen (secondary N) is 6. The average molecular weight is 861 g/mol. The molecular weight excluding hydrogens is 792 g/mol. The predicted octanol–water partition coefficient (Wildman–Crippen LogP) is -0.371. The first-order valence-corrected chi connectivity index (χ1v) is 19.4. The summed E-state index contributed by atoms with van der Waals surface area (Å²) in [6.45, 7) is 15.3. The molecule has 344 valence electrons. The van der Waals surface area contributed by atoms with Crippen molar-refractivity contribution in [1.29, 1.82) is 0 Å². The van der Waals surface area contributed by atoms with Crippen LogP contribution < -0.4 is 31.9 Å². The molecule has 22 nitrogen and oxygen atoms in total. The Morgan fingerprint density at radius 1 is 0.667 bits per heavy atom. The summed E-state index contributed by atoms with van der Waals surface area (Å²) in [5.41, 5.74) is 0. The lowest BCUT2D eigenvalue weighted by atomic mass is 9.96. The number of hydrogen-bond acceptors (Lipinski definition) is 14. The van der Waals surface area contributed by atoms with Gasteiger partial charge in [-0.25, -0.2) is 9.59 Å². The van der Waals surface area contributed by atoms with E-state index in [1.807, 2.05) is 13.8 Å². The molecule has 0 radical (unpaired) electrons. The Labute approximate surface area is 352 Å². The smallest absolute Gasteiger partial charge is 0.407 e. The minimum Gasteiger partial charge on any atom is -0.447 e. The highest BCUT2D eigenvalue weighted by atomic mass is 16.6. The normalized spacial score (nSPS) is 15.1. The van der Waals surface area contributed by atoms with Crippen LogP contribution in [0.25, 0.3) is 0 Å². The molecule has 2 saturated heterocycles. The van der Waals surface area contributed by atoms with Crippen LogP contribution >= 0.6 is 0 Å². The molecule has 0 saturated carbocycles. The summed E-state index contributed by atoms with van der Waals surface area (Å²) in [4.78, 5) is 123. The number of nitrogens with zero attached hydrogens (tertiary/aromatic N) is 2. The Balaban J connectivity index is -0.000000755. The van der Waals surface area contributed by atoms with E-state index in [9.17, 15) is 52.7 Å². The molecule has 6 N–H and O–H groups in total. The van der Waals surface area contributed by atoms with Crippen molar-refractivity contribution >= 4 is 66.2 Å². The summed E-state index contributed by atoms with van der Waals surface area (Å²) in [6.07, 6.45) is 0.148. The van der Waals surface area contributed by atoms with Gasteiger partial charge in [0.2, 0.25) is 48.3 Å². The van der Waals surface area contributed by atoms with Gasteiger partial charge in [0.1, 0.15) is 25.1 Å². The number of alkyl carbamates (subject to hydrolysis) is 2. The second-order valence-corrected chi connectivity index (χ2v) is 12.8. The number of hydrogen-bond donors (Lipinski definition) is 6. The molecule has 2 aliphatic rings. The van der Waals surface area contributed by atoms with E-state index in [4.69, 9.17) is 14.2 Å². The van der Waals surface area contributed by atoms with Crippen LogP contribution in [0.1, 0.15) is 81.6 Å². The summed E-state index contributed by atoms with van der Waals surface area (Å²) in [5.74, 6) is -1.94. The van der Waals surface area contributed by atoms with Gasteiger partial charge in [-0.2, -0.15) is 0 Å². The van der Waals surface area contributed by atoms with Crippen molar-refractivity contribution in [2.45, 2.75) is 87.7 Å². The van der Waals surface area contributed by atoms with Crippen molar-refractivity contribution in [3.8, 4) is 0 Å². The highest BCUT2D eigenvalue weighted by Crippen LogP contribution is 2.18. The fraction of sp³-hybridized carbons (Fsp3) is 0.711. The minimum absolute atomic E-state index is 0. The van der Waals surface area contributed by atoms with E-state index in [2.05, 4.69) is 31.9 Å². The quantitative estimate of drug-likeness (QED) is 0.0460. The van der Waals surface area contributed by atoms with Gasteiger partial charge in [0.15, 0.2) is 0 Å². The van der Waals surface area contributed by atoms with Crippen molar-refractivity contribution in [3.63, 3.8) is 0 Å². The number of likely N-dealkylation sites (tertiary alicyclic amines) is 2. The van der Waals surface area contributed by atoms with E-state index in [-0.39, 0.29) is 99.6 Å². The van der Waals surface area contributed by atoms with Crippen molar-refractivity contribution < 1.29 is 67.0 Å². The topological polar surface area (TPSA) is 294 Å². The molecule has 22 heteroatoms. The van der Waals surface area contributed by atoms with E-state index in [0.29, 0.717) is 64.9 Å². The van der Waals surface area contributed by atoms with Crippen molar-refractivity contribution in [2.75, 3.05) is 72.7 Å². The summed E-state index contributed by atoms with van der Waals surface area (Å²) >= 11 is 0. The van der Waals surface area contributed by atoms with Crippen LogP contribution in [-0.2, 0) is 57.4 Å². The summed E-state index contributed by atoms with van der Waals surface area (Å²) < 4.78 is 14.7. The van der Waals surface area contributed by atoms with Gasteiger partial charge in [-0.05, 0) is 34.6 Å². The largest absolute Gasteiger partial charge is 0.447 e. The maximum atomic E-state index is 11.6. The maximum Gasteiger partial charge on any atom is 0.407 e. The molecule has 2 rings (SSSR count). The number of Topliss-reactive ketones (excluding diaryl/α,β-unsaturated/α-hetero) is 1. The van der Waals surface area contributed by atoms with Crippen LogP contribution in [0.2, 0.25) is 0 Å². The third-order valence-corrected chi connectivity index (χ3v) is 8.14. The molecule has 2 heterocycles. The van der Waals surface area contributed by atoms with Crippen LogP contribution in [0, 0.1) is 17.8 Å². The zero-order valence-electron chi connectivity index (χ0n) is 35.5. The van der Waals surface area contributed by atoms with Crippen LogP contribution in [-0.4, -0.2) is 155 Å². The lowest BCUT2D eigenvalue weighted by Gasteiger charge is -2.15. The number of methoxy groups -OCH3 is 1. The second kappa shape index (κ2) is 35.3. The first kappa shape index (κ1) is 58.6. The molecule has 10 amide bonds. The van der Waals surface area contributed by atoms with E-state index in [1.54, 1.807) is 27.7 Å². The minimum atomic E-state index is -0.696. The Morgan fingerprint density at radius 2 is 1.03 bits per heavy atom. The van der Waals surface area contributed by atoms with E-state index >= 15 is 0 Å². The fourth-order valence-corrected chi connectivity index (χ4v) is 4.89. The molecule has 0 aliphatic carbocycles. The van der Waals surface area contributed by atoms with Crippen LogP contribution in [0.5, 0.6) is 0 Å². The molecule has 2 aliphatic heterocycles. The lowest BCUT2D eigenvalue weighted by Crippen LogP contribution is -2.36. The highest BCUT2D eigenvalue weighted by Gasteiger charge is 2.34. The Hall–Kier alpha value is -5.67. The monoisotopic (exact) mass is 860 g/mol. The molecule has 0 bridgehead atoms. The standard InChI is InChI=1S/C13H22N4O5.C10H20N2O5.2C7H11NO2.CH4/c1-10(20)11(6-12(21)16-4-2-14-8-18)7-13(22)17-5-3-15-9-19;1-4-11-9(13)16-6-8(15-3)7-17-10(14)12-5-2;2*1-3-8-6(9)4-5(2)7(8)10;/h8-9,11H,2-7H2,1H3,(H,14,18)(H,15,19)(H,16,21)(H,17,22);8H,4-7H2,1-3H3,(H,11,13)(H,12,14);2*5H,3-4H2,1-2H3;1H4. The Bertz CT molecular complexity index is 1290. The number of imide groups is 2. The van der Waals surface area contributed by atoms with Gasteiger partial charge in [0.25, 0.3) is 0 Å². The first-order chi connectivity index (χ1) is 28.0. The van der Waals surface area contributed by atoms with Crippen molar-refractivity contribution in [3.05, 3.63) is 0 Å². The summed E-state index contributed by atoms with van der Waals surface area (Å²) in [5, 5.41) is 14.8. The van der Waals surface area contributed by atoms with Crippen molar-refractivity contribution in [1.82, 2.24) is 41.7 Å². The molecule has 60 heavy (non-hydrogen) atoms. The predicted molar refractivity (Wildman–Crippen MR) is 217 cm³/mol. The molecule has 0 spiro atoms. The molecule has 0 aromatic rings. The van der Waals surface area contributed by atoms with Gasteiger partial charge >= 0.3 is 12.2 Å². The number of ketones is 1. The number of amides is 10. The molecule has 0 aromatic carbocycles. The number of ether oxygens (including phenoxy) is 3. The molecule has 0 aromatic heterocycles. The molecule has 2 atom stereocenters.